The number of nitrogens with zero attached hydrogens (tertiary/aromatic N) is 3. The lowest BCUT2D eigenvalue weighted by Gasteiger charge is -2.38. The van der Waals surface area contributed by atoms with Crippen molar-refractivity contribution in [1.29, 1.82) is 0 Å². The third-order valence-corrected chi connectivity index (χ3v) is 7.16. The molecular formula is C30H22F4N4O4. The quantitative estimate of drug-likeness (QED) is 0.350. The van der Waals surface area contributed by atoms with Crippen molar-refractivity contribution >= 4 is 11.8 Å². The average Bonchev–Trinajstić information content (AvgIpc) is 3.12. The number of hydrogen-bond donors (Lipinski definition) is 1. The van der Waals surface area contributed by atoms with Gasteiger partial charge in [0.05, 0.1) is 6.54 Å². The van der Waals surface area contributed by atoms with Gasteiger partial charge in [-0.3, -0.25) is 24.1 Å². The number of pyridine rings is 1. The molecule has 0 atom stereocenters. The van der Waals surface area contributed by atoms with Gasteiger partial charge in [0.2, 0.25) is 5.43 Å². The summed E-state index contributed by atoms with van der Waals surface area (Å²) in [6.07, 6.45) is 1.15. The van der Waals surface area contributed by atoms with E-state index in [1.165, 1.54) is 21.7 Å². The molecule has 2 amide bonds. The molecule has 0 saturated heterocycles. The minimum atomic E-state index is -1.21. The van der Waals surface area contributed by atoms with Crippen LogP contribution in [0.25, 0.3) is 0 Å². The standard InChI is InChI=1S/C30H22F4N4O4/c31-20-7-6-18-12-36-16-37(13-19(18)8-20)38-14-23(29(40)35-11-22-24(33)9-21(32)10-25(22)34)27(39)28(26(38)30(36)41)42-15-17-4-2-1-3-5-17/h1-10,14H,11-13,15-16H2,(H,35,40). The molecule has 12 heteroatoms. The summed E-state index contributed by atoms with van der Waals surface area (Å²) < 4.78 is 63.0. The van der Waals surface area contributed by atoms with Crippen LogP contribution < -0.4 is 20.5 Å². The Morgan fingerprint density at radius 3 is 2.36 bits per heavy atom. The molecule has 42 heavy (non-hydrogen) atoms. The number of ether oxygens (including phenoxy) is 1. The van der Waals surface area contributed by atoms with Crippen LogP contribution in [-0.2, 0) is 26.2 Å². The van der Waals surface area contributed by atoms with Crippen molar-refractivity contribution in [3.8, 4) is 5.75 Å². The van der Waals surface area contributed by atoms with Gasteiger partial charge in [-0.15, -0.1) is 0 Å². The average molecular weight is 579 g/mol. The van der Waals surface area contributed by atoms with Gasteiger partial charge >= 0.3 is 0 Å². The Kier molecular flexibility index (Phi) is 6.89. The molecule has 214 valence electrons. The minimum absolute atomic E-state index is 0.0657. The molecule has 0 saturated carbocycles. The van der Waals surface area contributed by atoms with Gasteiger partial charge < -0.3 is 15.0 Å². The molecule has 1 aromatic heterocycles. The Morgan fingerprint density at radius 2 is 1.62 bits per heavy atom. The minimum Gasteiger partial charge on any atom is -0.482 e. The number of fused-ring (bicyclic) bond motifs is 5. The Bertz CT molecular complexity index is 1770. The highest BCUT2D eigenvalue weighted by atomic mass is 19.1. The van der Waals surface area contributed by atoms with Gasteiger partial charge in [0, 0.05) is 37.0 Å². The van der Waals surface area contributed by atoms with E-state index >= 15 is 0 Å². The fraction of sp³-hybridized carbons (Fsp3) is 0.167. The first-order valence-electron chi connectivity index (χ1n) is 12.9. The predicted octanol–water partition coefficient (Wildman–Crippen LogP) is 3.98. The largest absolute Gasteiger partial charge is 0.482 e. The van der Waals surface area contributed by atoms with Crippen LogP contribution in [0.4, 0.5) is 17.6 Å². The molecule has 8 nitrogen and oxygen atoms in total. The molecule has 0 spiro atoms. The molecule has 1 N–H and O–H groups in total. The normalized spacial score (nSPS) is 13.8. The van der Waals surface area contributed by atoms with Crippen molar-refractivity contribution in [3.63, 3.8) is 0 Å². The van der Waals surface area contributed by atoms with Gasteiger partial charge in [-0.1, -0.05) is 36.4 Å². The van der Waals surface area contributed by atoms with E-state index in [4.69, 9.17) is 4.74 Å². The maximum absolute atomic E-state index is 14.2. The lowest BCUT2D eigenvalue weighted by atomic mass is 10.1. The number of halogens is 4. The summed E-state index contributed by atoms with van der Waals surface area (Å²) in [6, 6.07) is 14.1. The van der Waals surface area contributed by atoms with E-state index < -0.39 is 58.2 Å². The topological polar surface area (TPSA) is 83.9 Å². The molecule has 2 aliphatic rings. The van der Waals surface area contributed by atoms with Crippen molar-refractivity contribution in [2.75, 3.05) is 11.7 Å². The fourth-order valence-electron chi connectivity index (χ4n) is 5.05. The zero-order valence-electron chi connectivity index (χ0n) is 21.9. The van der Waals surface area contributed by atoms with Crippen molar-refractivity contribution in [1.82, 2.24) is 14.9 Å². The van der Waals surface area contributed by atoms with Gasteiger partial charge in [-0.05, 0) is 28.8 Å². The molecular weight excluding hydrogens is 556 g/mol. The molecule has 0 unspecified atom stereocenters. The first-order chi connectivity index (χ1) is 20.2. The number of hydrogen-bond acceptors (Lipinski definition) is 5. The first-order valence-corrected chi connectivity index (χ1v) is 12.9. The number of carbonyl (C=O) groups excluding carboxylic acids is 2. The molecule has 6 rings (SSSR count). The second kappa shape index (κ2) is 10.7. The van der Waals surface area contributed by atoms with Crippen LogP contribution >= 0.6 is 0 Å². The van der Waals surface area contributed by atoms with E-state index in [-0.39, 0.29) is 37.8 Å². The lowest BCUT2D eigenvalue weighted by Crippen LogP contribution is -2.52. The lowest BCUT2D eigenvalue weighted by molar-refractivity contribution is 0.0674. The van der Waals surface area contributed by atoms with Crippen LogP contribution in [0.5, 0.6) is 5.75 Å². The van der Waals surface area contributed by atoms with Gasteiger partial charge in [0.15, 0.2) is 11.4 Å². The van der Waals surface area contributed by atoms with Crippen molar-refractivity contribution in [2.45, 2.75) is 26.2 Å². The number of nitrogens with one attached hydrogen (secondary N) is 1. The van der Waals surface area contributed by atoms with Gasteiger partial charge in [-0.2, -0.15) is 0 Å². The second-order valence-electron chi connectivity index (χ2n) is 9.92. The fourth-order valence-corrected chi connectivity index (χ4v) is 5.05. The molecule has 0 aliphatic carbocycles. The van der Waals surface area contributed by atoms with Gasteiger partial charge in [0.25, 0.3) is 11.8 Å². The maximum atomic E-state index is 14.2. The van der Waals surface area contributed by atoms with Crippen molar-refractivity contribution in [2.24, 2.45) is 0 Å². The predicted molar refractivity (Wildman–Crippen MR) is 142 cm³/mol. The highest BCUT2D eigenvalue weighted by Crippen LogP contribution is 2.29. The highest BCUT2D eigenvalue weighted by Gasteiger charge is 2.37. The molecule has 3 heterocycles. The van der Waals surface area contributed by atoms with Crippen LogP contribution in [-0.4, -0.2) is 28.1 Å². The van der Waals surface area contributed by atoms with Crippen molar-refractivity contribution < 1.29 is 31.9 Å². The Morgan fingerprint density at radius 1 is 0.881 bits per heavy atom. The second-order valence-corrected chi connectivity index (χ2v) is 9.92. The summed E-state index contributed by atoms with van der Waals surface area (Å²) in [5, 5.41) is 3.94. The summed E-state index contributed by atoms with van der Waals surface area (Å²) in [6.45, 7) is -0.414. The number of rotatable bonds is 6. The summed E-state index contributed by atoms with van der Waals surface area (Å²) >= 11 is 0. The van der Waals surface area contributed by atoms with E-state index in [2.05, 4.69) is 5.32 Å². The van der Waals surface area contributed by atoms with Crippen LogP contribution in [0, 0.1) is 23.3 Å². The van der Waals surface area contributed by atoms with Crippen LogP contribution in [0.2, 0.25) is 0 Å². The van der Waals surface area contributed by atoms with Crippen LogP contribution in [0.3, 0.4) is 0 Å². The number of carbonyl (C=O) groups is 2. The van der Waals surface area contributed by atoms with E-state index in [0.29, 0.717) is 23.3 Å². The maximum Gasteiger partial charge on any atom is 0.278 e. The SMILES string of the molecule is O=C(NCc1c(F)cc(F)cc1F)c1cn2c(c(OCc3ccccc3)c1=O)C(=O)N1Cc3ccc(F)cc3CN2C1. The van der Waals surface area contributed by atoms with Gasteiger partial charge in [0.1, 0.15) is 42.1 Å². The molecule has 0 radical (unpaired) electrons. The molecule has 2 aliphatic heterocycles. The van der Waals surface area contributed by atoms with Gasteiger partial charge in [-0.25, -0.2) is 17.6 Å². The molecule has 2 bridgehead atoms. The number of benzene rings is 3. The highest BCUT2D eigenvalue weighted by molar-refractivity contribution is 5.99. The number of aromatic nitrogens is 1. The Balaban J connectivity index is 1.42. The third-order valence-electron chi connectivity index (χ3n) is 7.16. The summed E-state index contributed by atoms with van der Waals surface area (Å²) in [4.78, 5) is 42.1. The Labute approximate surface area is 236 Å². The molecule has 4 aromatic rings. The summed E-state index contributed by atoms with van der Waals surface area (Å²) in [5.74, 6) is -5.91. The van der Waals surface area contributed by atoms with E-state index in [9.17, 15) is 31.9 Å². The smallest absolute Gasteiger partial charge is 0.278 e. The van der Waals surface area contributed by atoms with E-state index in [1.807, 2.05) is 0 Å². The van der Waals surface area contributed by atoms with E-state index in [1.54, 1.807) is 41.4 Å². The molecule has 3 aromatic carbocycles. The zero-order valence-corrected chi connectivity index (χ0v) is 21.9. The van der Waals surface area contributed by atoms with Crippen molar-refractivity contribution in [3.05, 3.63) is 134 Å². The van der Waals surface area contributed by atoms with Crippen LogP contribution in [0.15, 0.2) is 71.7 Å². The van der Waals surface area contributed by atoms with Crippen LogP contribution in [0.1, 0.15) is 43.1 Å². The Hall–Kier alpha value is -5.13. The third kappa shape index (κ3) is 4.95. The van der Waals surface area contributed by atoms with E-state index in [0.717, 1.165) is 11.8 Å². The summed E-state index contributed by atoms with van der Waals surface area (Å²) in [5.41, 5.74) is -0.0739. The molecule has 0 fully saturated rings. The monoisotopic (exact) mass is 578 g/mol. The zero-order chi connectivity index (χ0) is 29.5. The first kappa shape index (κ1) is 27.1. The summed E-state index contributed by atoms with van der Waals surface area (Å²) in [7, 11) is 0. The number of amides is 2.